The SMILES string of the molecule is Cc1ccc(NC(=O)Cc2cn3ccsc3n2)cc1Cl. The van der Waals surface area contributed by atoms with Crippen molar-refractivity contribution in [3.8, 4) is 0 Å². The van der Waals surface area contributed by atoms with Gasteiger partial charge in [0, 0.05) is 28.5 Å². The normalized spacial score (nSPS) is 10.9. The molecule has 2 heterocycles. The van der Waals surface area contributed by atoms with Crippen molar-refractivity contribution in [2.75, 3.05) is 5.32 Å². The fraction of sp³-hybridized carbons (Fsp3) is 0.143. The highest BCUT2D eigenvalue weighted by molar-refractivity contribution is 7.15. The van der Waals surface area contributed by atoms with E-state index in [1.807, 2.05) is 41.2 Å². The van der Waals surface area contributed by atoms with Crippen molar-refractivity contribution in [3.63, 3.8) is 0 Å². The van der Waals surface area contributed by atoms with E-state index in [-0.39, 0.29) is 12.3 Å². The van der Waals surface area contributed by atoms with Gasteiger partial charge in [0.25, 0.3) is 0 Å². The summed E-state index contributed by atoms with van der Waals surface area (Å²) >= 11 is 7.58. The van der Waals surface area contributed by atoms with Crippen molar-refractivity contribution < 1.29 is 4.79 Å². The largest absolute Gasteiger partial charge is 0.326 e. The van der Waals surface area contributed by atoms with E-state index in [4.69, 9.17) is 11.6 Å². The zero-order valence-corrected chi connectivity index (χ0v) is 12.3. The van der Waals surface area contributed by atoms with E-state index < -0.39 is 0 Å². The van der Waals surface area contributed by atoms with Crippen LogP contribution in [-0.2, 0) is 11.2 Å². The number of benzene rings is 1. The number of carbonyl (C=O) groups is 1. The average Bonchev–Trinajstić information content (AvgIpc) is 2.94. The van der Waals surface area contributed by atoms with Crippen molar-refractivity contribution in [1.82, 2.24) is 9.38 Å². The number of hydrogen-bond acceptors (Lipinski definition) is 3. The Morgan fingerprint density at radius 3 is 3.10 bits per heavy atom. The third-order valence-electron chi connectivity index (χ3n) is 2.94. The number of aryl methyl sites for hydroxylation is 1. The Kier molecular flexibility index (Phi) is 3.46. The number of aromatic nitrogens is 2. The number of anilines is 1. The number of halogens is 1. The van der Waals surface area contributed by atoms with Gasteiger partial charge in [0.05, 0.1) is 12.1 Å². The minimum atomic E-state index is -0.101. The molecule has 1 N–H and O–H groups in total. The molecule has 0 atom stereocenters. The van der Waals surface area contributed by atoms with Crippen molar-refractivity contribution in [1.29, 1.82) is 0 Å². The fourth-order valence-electron chi connectivity index (χ4n) is 1.90. The molecule has 0 aliphatic rings. The minimum Gasteiger partial charge on any atom is -0.326 e. The lowest BCUT2D eigenvalue weighted by Gasteiger charge is -2.05. The molecule has 3 rings (SSSR count). The number of imidazole rings is 1. The van der Waals surface area contributed by atoms with Gasteiger partial charge >= 0.3 is 0 Å². The zero-order chi connectivity index (χ0) is 14.1. The van der Waals surface area contributed by atoms with Gasteiger partial charge in [-0.25, -0.2) is 4.98 Å². The van der Waals surface area contributed by atoms with E-state index in [0.717, 1.165) is 16.2 Å². The van der Waals surface area contributed by atoms with Gasteiger partial charge in [-0.05, 0) is 24.6 Å². The Balaban J connectivity index is 1.70. The number of thiazole rings is 1. The smallest absolute Gasteiger partial charge is 0.230 e. The maximum atomic E-state index is 12.0. The Bertz CT molecular complexity index is 749. The highest BCUT2D eigenvalue weighted by Gasteiger charge is 2.09. The predicted octanol–water partition coefficient (Wildman–Crippen LogP) is 3.54. The molecule has 0 aliphatic carbocycles. The van der Waals surface area contributed by atoms with Gasteiger partial charge < -0.3 is 5.32 Å². The zero-order valence-electron chi connectivity index (χ0n) is 10.8. The first-order chi connectivity index (χ1) is 9.61. The van der Waals surface area contributed by atoms with Crippen LogP contribution in [0.5, 0.6) is 0 Å². The summed E-state index contributed by atoms with van der Waals surface area (Å²) in [5, 5.41) is 5.43. The molecule has 0 aliphatic heterocycles. The van der Waals surface area contributed by atoms with Crippen molar-refractivity contribution in [3.05, 3.63) is 52.3 Å². The van der Waals surface area contributed by atoms with Crippen molar-refractivity contribution in [2.24, 2.45) is 0 Å². The summed E-state index contributed by atoms with van der Waals surface area (Å²) in [4.78, 5) is 17.3. The first-order valence-electron chi connectivity index (χ1n) is 6.09. The number of carbonyl (C=O) groups excluding carboxylic acids is 1. The molecule has 0 radical (unpaired) electrons. The number of amides is 1. The quantitative estimate of drug-likeness (QED) is 0.804. The lowest BCUT2D eigenvalue weighted by atomic mass is 10.2. The van der Waals surface area contributed by atoms with Gasteiger partial charge in [-0.15, -0.1) is 11.3 Å². The second-order valence-corrected chi connectivity index (χ2v) is 5.79. The lowest BCUT2D eigenvalue weighted by Crippen LogP contribution is -2.14. The van der Waals surface area contributed by atoms with E-state index >= 15 is 0 Å². The summed E-state index contributed by atoms with van der Waals surface area (Å²) in [7, 11) is 0. The highest BCUT2D eigenvalue weighted by atomic mass is 35.5. The van der Waals surface area contributed by atoms with E-state index in [2.05, 4.69) is 10.3 Å². The molecule has 102 valence electrons. The summed E-state index contributed by atoms with van der Waals surface area (Å²) < 4.78 is 1.91. The molecule has 4 nitrogen and oxygen atoms in total. The Labute approximate surface area is 125 Å². The van der Waals surface area contributed by atoms with Crippen LogP contribution in [0.4, 0.5) is 5.69 Å². The number of fused-ring (bicyclic) bond motifs is 1. The second-order valence-electron chi connectivity index (χ2n) is 4.51. The molecule has 0 bridgehead atoms. The third-order valence-corrected chi connectivity index (χ3v) is 4.12. The van der Waals surface area contributed by atoms with Crippen LogP contribution in [0.25, 0.3) is 4.96 Å². The number of nitrogens with one attached hydrogen (secondary N) is 1. The minimum absolute atomic E-state index is 0.101. The second kappa shape index (κ2) is 5.26. The van der Waals surface area contributed by atoms with Crippen LogP contribution in [0.3, 0.4) is 0 Å². The number of rotatable bonds is 3. The van der Waals surface area contributed by atoms with Gasteiger partial charge in [-0.1, -0.05) is 17.7 Å². The van der Waals surface area contributed by atoms with Crippen LogP contribution < -0.4 is 5.32 Å². The van der Waals surface area contributed by atoms with Crippen LogP contribution in [0.15, 0.2) is 36.0 Å². The number of nitrogens with zero attached hydrogens (tertiary/aromatic N) is 2. The van der Waals surface area contributed by atoms with Gasteiger partial charge in [0.1, 0.15) is 0 Å². The summed E-state index contributed by atoms with van der Waals surface area (Å²) in [6.07, 6.45) is 4.04. The standard InChI is InChI=1S/C14H12ClN3OS/c1-9-2-3-10(6-12(9)15)16-13(19)7-11-8-18-4-5-20-14(18)17-11/h2-6,8H,7H2,1H3,(H,16,19). The van der Waals surface area contributed by atoms with Crippen LogP contribution in [0, 0.1) is 6.92 Å². The maximum absolute atomic E-state index is 12.0. The number of hydrogen-bond donors (Lipinski definition) is 1. The Morgan fingerprint density at radius 1 is 1.50 bits per heavy atom. The monoisotopic (exact) mass is 305 g/mol. The van der Waals surface area contributed by atoms with Crippen molar-refractivity contribution >= 4 is 39.5 Å². The van der Waals surface area contributed by atoms with Gasteiger partial charge in [-0.2, -0.15) is 0 Å². The Morgan fingerprint density at radius 2 is 2.35 bits per heavy atom. The van der Waals surface area contributed by atoms with E-state index in [1.54, 1.807) is 17.4 Å². The molecule has 0 spiro atoms. The fourth-order valence-corrected chi connectivity index (χ4v) is 2.80. The van der Waals surface area contributed by atoms with E-state index in [1.165, 1.54) is 0 Å². The summed E-state index contributed by atoms with van der Waals surface area (Å²) in [5.74, 6) is -0.101. The third kappa shape index (κ3) is 2.69. The Hall–Kier alpha value is -1.85. The lowest BCUT2D eigenvalue weighted by molar-refractivity contribution is -0.115. The maximum Gasteiger partial charge on any atom is 0.230 e. The van der Waals surface area contributed by atoms with Gasteiger partial charge in [0.15, 0.2) is 4.96 Å². The molecule has 0 saturated heterocycles. The summed E-state index contributed by atoms with van der Waals surface area (Å²) in [5.41, 5.74) is 2.44. The van der Waals surface area contributed by atoms with Crippen LogP contribution >= 0.6 is 22.9 Å². The highest BCUT2D eigenvalue weighted by Crippen LogP contribution is 2.20. The van der Waals surface area contributed by atoms with Crippen LogP contribution in [-0.4, -0.2) is 15.3 Å². The van der Waals surface area contributed by atoms with Gasteiger partial charge in [-0.3, -0.25) is 9.20 Å². The molecule has 3 aromatic rings. The molecule has 0 saturated carbocycles. The van der Waals surface area contributed by atoms with Crippen LogP contribution in [0.2, 0.25) is 5.02 Å². The average molecular weight is 306 g/mol. The topological polar surface area (TPSA) is 46.4 Å². The van der Waals surface area contributed by atoms with Crippen LogP contribution in [0.1, 0.15) is 11.3 Å². The molecule has 1 aromatic carbocycles. The molecular formula is C14H12ClN3OS. The van der Waals surface area contributed by atoms with Crippen molar-refractivity contribution in [2.45, 2.75) is 13.3 Å². The molecule has 2 aromatic heterocycles. The first kappa shape index (κ1) is 13.1. The molecule has 1 amide bonds. The summed E-state index contributed by atoms with van der Waals surface area (Å²) in [6.45, 7) is 1.92. The predicted molar refractivity (Wildman–Crippen MR) is 81.6 cm³/mol. The van der Waals surface area contributed by atoms with E-state index in [0.29, 0.717) is 10.7 Å². The molecular weight excluding hydrogens is 294 g/mol. The molecule has 20 heavy (non-hydrogen) atoms. The van der Waals surface area contributed by atoms with E-state index in [9.17, 15) is 4.79 Å². The first-order valence-corrected chi connectivity index (χ1v) is 7.34. The van der Waals surface area contributed by atoms with Gasteiger partial charge in [0.2, 0.25) is 5.91 Å². The summed E-state index contributed by atoms with van der Waals surface area (Å²) in [6, 6.07) is 5.47. The molecule has 0 unspecified atom stereocenters. The molecule has 6 heteroatoms. The molecule has 0 fully saturated rings.